The van der Waals surface area contributed by atoms with Gasteiger partial charge in [0.2, 0.25) is 5.88 Å². The molecule has 5 heteroatoms. The SMILES string of the molecule is CCCc1c(OC)ncn2ncnc12. The lowest BCUT2D eigenvalue weighted by atomic mass is 10.2. The van der Waals surface area contributed by atoms with Gasteiger partial charge in [-0.25, -0.2) is 14.5 Å². The second-order valence-electron chi connectivity index (χ2n) is 3.01. The van der Waals surface area contributed by atoms with Gasteiger partial charge in [-0.05, 0) is 6.42 Å². The topological polar surface area (TPSA) is 52.3 Å². The van der Waals surface area contributed by atoms with Gasteiger partial charge in [-0.2, -0.15) is 5.10 Å². The van der Waals surface area contributed by atoms with Crippen molar-refractivity contribution in [3.05, 3.63) is 18.2 Å². The molecular formula is C9H12N4O. The minimum atomic E-state index is 0.646. The Morgan fingerprint density at radius 2 is 2.29 bits per heavy atom. The predicted octanol–water partition coefficient (Wildman–Crippen LogP) is 1.09. The van der Waals surface area contributed by atoms with Crippen LogP contribution in [0.1, 0.15) is 18.9 Å². The molecule has 2 heterocycles. The first kappa shape index (κ1) is 8.93. The van der Waals surface area contributed by atoms with E-state index in [1.165, 1.54) is 6.33 Å². The van der Waals surface area contributed by atoms with E-state index in [1.807, 2.05) is 0 Å². The number of aromatic nitrogens is 4. The van der Waals surface area contributed by atoms with Gasteiger partial charge in [-0.15, -0.1) is 0 Å². The van der Waals surface area contributed by atoms with Gasteiger partial charge >= 0.3 is 0 Å². The number of methoxy groups -OCH3 is 1. The molecule has 0 atom stereocenters. The summed E-state index contributed by atoms with van der Waals surface area (Å²) in [7, 11) is 1.62. The molecule has 0 saturated carbocycles. The average molecular weight is 192 g/mol. The lowest BCUT2D eigenvalue weighted by molar-refractivity contribution is 0.391. The van der Waals surface area contributed by atoms with Crippen LogP contribution < -0.4 is 4.74 Å². The lowest BCUT2D eigenvalue weighted by Gasteiger charge is -2.06. The second kappa shape index (κ2) is 3.61. The Bertz CT molecular complexity index is 437. The second-order valence-corrected chi connectivity index (χ2v) is 3.01. The highest BCUT2D eigenvalue weighted by Crippen LogP contribution is 2.19. The predicted molar refractivity (Wildman–Crippen MR) is 51.3 cm³/mol. The normalized spacial score (nSPS) is 10.7. The largest absolute Gasteiger partial charge is 0.481 e. The highest BCUT2D eigenvalue weighted by Gasteiger charge is 2.10. The average Bonchev–Trinajstić information content (AvgIpc) is 2.67. The molecule has 0 radical (unpaired) electrons. The van der Waals surface area contributed by atoms with E-state index >= 15 is 0 Å². The van der Waals surface area contributed by atoms with E-state index in [1.54, 1.807) is 18.0 Å². The minimum Gasteiger partial charge on any atom is -0.481 e. The smallest absolute Gasteiger partial charge is 0.221 e. The van der Waals surface area contributed by atoms with Crippen LogP contribution >= 0.6 is 0 Å². The van der Waals surface area contributed by atoms with Crippen molar-refractivity contribution in [3.63, 3.8) is 0 Å². The van der Waals surface area contributed by atoms with E-state index in [0.29, 0.717) is 5.88 Å². The maximum atomic E-state index is 5.18. The molecular weight excluding hydrogens is 180 g/mol. The van der Waals surface area contributed by atoms with Crippen molar-refractivity contribution in [2.24, 2.45) is 0 Å². The van der Waals surface area contributed by atoms with Crippen LogP contribution in [0.25, 0.3) is 5.65 Å². The van der Waals surface area contributed by atoms with Gasteiger partial charge in [0.25, 0.3) is 0 Å². The van der Waals surface area contributed by atoms with Gasteiger partial charge < -0.3 is 4.74 Å². The molecule has 2 rings (SSSR count). The molecule has 0 aliphatic heterocycles. The Morgan fingerprint density at radius 3 is 3.00 bits per heavy atom. The molecule has 2 aromatic heterocycles. The summed E-state index contributed by atoms with van der Waals surface area (Å²) in [5.74, 6) is 0.646. The summed E-state index contributed by atoms with van der Waals surface area (Å²) in [5.41, 5.74) is 1.86. The summed E-state index contributed by atoms with van der Waals surface area (Å²) in [6, 6.07) is 0. The van der Waals surface area contributed by atoms with Gasteiger partial charge in [-0.3, -0.25) is 0 Å². The fourth-order valence-corrected chi connectivity index (χ4v) is 1.48. The first-order valence-corrected chi connectivity index (χ1v) is 4.58. The number of aryl methyl sites for hydroxylation is 1. The number of hydrogen-bond donors (Lipinski definition) is 0. The molecule has 0 unspecified atom stereocenters. The van der Waals surface area contributed by atoms with E-state index in [0.717, 1.165) is 24.1 Å². The minimum absolute atomic E-state index is 0.646. The van der Waals surface area contributed by atoms with Crippen LogP contribution in [0.5, 0.6) is 5.88 Å². The molecule has 0 aromatic carbocycles. The number of fused-ring (bicyclic) bond motifs is 1. The fraction of sp³-hybridized carbons (Fsp3) is 0.444. The molecule has 0 saturated heterocycles. The number of nitrogens with zero attached hydrogens (tertiary/aromatic N) is 4. The molecule has 0 fully saturated rings. The Morgan fingerprint density at radius 1 is 1.43 bits per heavy atom. The van der Waals surface area contributed by atoms with Crippen LogP contribution in [-0.4, -0.2) is 26.7 Å². The van der Waals surface area contributed by atoms with Crippen LogP contribution in [0, 0.1) is 0 Å². The molecule has 0 N–H and O–H groups in total. The fourth-order valence-electron chi connectivity index (χ4n) is 1.48. The number of rotatable bonds is 3. The van der Waals surface area contributed by atoms with E-state index in [-0.39, 0.29) is 0 Å². The van der Waals surface area contributed by atoms with E-state index in [9.17, 15) is 0 Å². The van der Waals surface area contributed by atoms with Gasteiger partial charge in [-0.1, -0.05) is 13.3 Å². The van der Waals surface area contributed by atoms with Crippen LogP contribution in [0.3, 0.4) is 0 Å². The van der Waals surface area contributed by atoms with Crippen molar-refractivity contribution >= 4 is 5.65 Å². The van der Waals surface area contributed by atoms with Crippen molar-refractivity contribution in [2.45, 2.75) is 19.8 Å². The summed E-state index contributed by atoms with van der Waals surface area (Å²) in [6.07, 6.45) is 5.07. The van der Waals surface area contributed by atoms with Gasteiger partial charge in [0.05, 0.1) is 12.7 Å². The van der Waals surface area contributed by atoms with Gasteiger partial charge in [0.1, 0.15) is 12.7 Å². The van der Waals surface area contributed by atoms with E-state index < -0.39 is 0 Å². The lowest BCUT2D eigenvalue weighted by Crippen LogP contribution is -2.00. The zero-order valence-corrected chi connectivity index (χ0v) is 8.27. The van der Waals surface area contributed by atoms with Crippen molar-refractivity contribution in [1.29, 1.82) is 0 Å². The number of ether oxygens (including phenoxy) is 1. The third kappa shape index (κ3) is 1.30. The summed E-state index contributed by atoms with van der Waals surface area (Å²) in [6.45, 7) is 2.11. The standard InChI is InChI=1S/C9H12N4O/c1-3-4-7-8-10-5-12-13(8)6-11-9(7)14-2/h5-6H,3-4H2,1-2H3. The van der Waals surface area contributed by atoms with Crippen molar-refractivity contribution in [2.75, 3.05) is 7.11 Å². The molecule has 0 amide bonds. The third-order valence-electron chi connectivity index (χ3n) is 2.08. The molecule has 0 bridgehead atoms. The molecule has 14 heavy (non-hydrogen) atoms. The summed E-state index contributed by atoms with van der Waals surface area (Å²) in [5, 5.41) is 4.02. The Balaban J connectivity index is 2.62. The highest BCUT2D eigenvalue weighted by atomic mass is 16.5. The Labute approximate surface area is 81.8 Å². The molecule has 0 spiro atoms. The maximum absolute atomic E-state index is 5.18. The van der Waals surface area contributed by atoms with Crippen molar-refractivity contribution in [1.82, 2.24) is 19.6 Å². The van der Waals surface area contributed by atoms with E-state index in [4.69, 9.17) is 4.74 Å². The zero-order chi connectivity index (χ0) is 9.97. The Kier molecular flexibility index (Phi) is 2.30. The molecule has 5 nitrogen and oxygen atoms in total. The summed E-state index contributed by atoms with van der Waals surface area (Å²) >= 11 is 0. The summed E-state index contributed by atoms with van der Waals surface area (Å²) < 4.78 is 6.84. The third-order valence-corrected chi connectivity index (χ3v) is 2.08. The highest BCUT2D eigenvalue weighted by molar-refractivity contribution is 5.50. The first-order chi connectivity index (χ1) is 6.86. The molecule has 0 aliphatic rings. The Hall–Kier alpha value is -1.65. The monoisotopic (exact) mass is 192 g/mol. The van der Waals surface area contributed by atoms with E-state index in [2.05, 4.69) is 22.0 Å². The maximum Gasteiger partial charge on any atom is 0.221 e. The van der Waals surface area contributed by atoms with Crippen LogP contribution in [-0.2, 0) is 6.42 Å². The number of hydrogen-bond acceptors (Lipinski definition) is 4. The van der Waals surface area contributed by atoms with Gasteiger partial charge in [0.15, 0.2) is 5.65 Å². The van der Waals surface area contributed by atoms with Crippen LogP contribution in [0.15, 0.2) is 12.7 Å². The summed E-state index contributed by atoms with van der Waals surface area (Å²) in [4.78, 5) is 8.33. The van der Waals surface area contributed by atoms with Gasteiger partial charge in [0, 0.05) is 0 Å². The zero-order valence-electron chi connectivity index (χ0n) is 8.27. The molecule has 74 valence electrons. The quantitative estimate of drug-likeness (QED) is 0.730. The van der Waals surface area contributed by atoms with Crippen molar-refractivity contribution < 1.29 is 4.74 Å². The first-order valence-electron chi connectivity index (χ1n) is 4.58. The van der Waals surface area contributed by atoms with Crippen molar-refractivity contribution in [3.8, 4) is 5.88 Å². The molecule has 2 aromatic rings. The van der Waals surface area contributed by atoms with Crippen LogP contribution in [0.4, 0.5) is 0 Å². The molecule has 0 aliphatic carbocycles. The van der Waals surface area contributed by atoms with Crippen LogP contribution in [0.2, 0.25) is 0 Å².